The lowest BCUT2D eigenvalue weighted by atomic mass is 10.1. The van der Waals surface area contributed by atoms with Crippen molar-refractivity contribution in [1.82, 2.24) is 10.3 Å². The van der Waals surface area contributed by atoms with Crippen LogP contribution in [0.2, 0.25) is 0 Å². The summed E-state index contributed by atoms with van der Waals surface area (Å²) < 4.78 is 18.6. The summed E-state index contributed by atoms with van der Waals surface area (Å²) in [4.78, 5) is 38.5. The third-order valence-corrected chi connectivity index (χ3v) is 4.25. The summed E-state index contributed by atoms with van der Waals surface area (Å²) >= 11 is 0. The number of carbonyl (C=O) groups excluding carboxylic acids is 2. The van der Waals surface area contributed by atoms with Crippen molar-refractivity contribution in [2.45, 2.75) is 12.5 Å². The summed E-state index contributed by atoms with van der Waals surface area (Å²) in [5.74, 6) is -0.684. The number of nitrogens with two attached hydrogens (primary N) is 1. The Labute approximate surface area is 182 Å². The number of pyridine rings is 1. The number of carbonyl (C=O) groups is 3. The van der Waals surface area contributed by atoms with Gasteiger partial charge in [0.25, 0.3) is 0 Å². The van der Waals surface area contributed by atoms with E-state index in [1.807, 2.05) is 5.32 Å². The zero-order valence-electron chi connectivity index (χ0n) is 16.6. The van der Waals surface area contributed by atoms with Gasteiger partial charge in [-0.15, -0.1) is 0 Å². The van der Waals surface area contributed by atoms with E-state index in [-0.39, 0.29) is 11.6 Å². The molecule has 164 valence electrons. The number of hydrogen-bond acceptors (Lipinski definition) is 5. The second-order valence-corrected chi connectivity index (χ2v) is 6.65. The summed E-state index contributed by atoms with van der Waals surface area (Å²) in [6.07, 6.45) is -1.93. The third kappa shape index (κ3) is 6.26. The van der Waals surface area contributed by atoms with Gasteiger partial charge < -0.3 is 26.2 Å². The molecule has 2 aromatic carbocycles. The van der Waals surface area contributed by atoms with Crippen LogP contribution >= 0.6 is 0 Å². The van der Waals surface area contributed by atoms with Gasteiger partial charge in [0.2, 0.25) is 11.8 Å². The Balaban J connectivity index is 1.66. The fourth-order valence-corrected chi connectivity index (χ4v) is 2.75. The van der Waals surface area contributed by atoms with Gasteiger partial charge in [0.15, 0.2) is 0 Å². The van der Waals surface area contributed by atoms with E-state index < -0.39 is 30.4 Å². The number of aromatic nitrogens is 1. The van der Waals surface area contributed by atoms with E-state index in [1.165, 1.54) is 24.3 Å². The predicted molar refractivity (Wildman–Crippen MR) is 114 cm³/mol. The molecule has 3 amide bonds. The summed E-state index contributed by atoms with van der Waals surface area (Å²) in [6, 6.07) is 16.2. The van der Waals surface area contributed by atoms with Crippen molar-refractivity contribution >= 4 is 23.7 Å². The summed E-state index contributed by atoms with van der Waals surface area (Å²) in [5.41, 5.74) is 6.41. The van der Waals surface area contributed by atoms with Crippen molar-refractivity contribution in [3.8, 4) is 22.8 Å². The van der Waals surface area contributed by atoms with Crippen LogP contribution in [0, 0.1) is 5.82 Å². The number of primary amides is 1. The maximum atomic E-state index is 13.0. The van der Waals surface area contributed by atoms with Crippen LogP contribution in [0.5, 0.6) is 11.5 Å². The van der Waals surface area contributed by atoms with Crippen molar-refractivity contribution in [1.29, 1.82) is 0 Å². The Morgan fingerprint density at radius 3 is 2.22 bits per heavy atom. The Morgan fingerprint density at radius 1 is 1.00 bits per heavy atom. The minimum atomic E-state index is -1.46. The van der Waals surface area contributed by atoms with Crippen molar-refractivity contribution < 1.29 is 28.6 Å². The number of hydrogen-bond donors (Lipinski definition) is 4. The predicted octanol–water partition coefficient (Wildman–Crippen LogP) is 3.13. The van der Waals surface area contributed by atoms with Crippen LogP contribution in [-0.2, 0) is 9.59 Å². The van der Waals surface area contributed by atoms with Gasteiger partial charge in [-0.05, 0) is 60.7 Å². The SMILES string of the molecule is NC(=O)C(CC(=O)Nc1cccc(-c2ccc(Oc3ccc(F)cc3)cc2)n1)NC(=O)O. The highest BCUT2D eigenvalue weighted by atomic mass is 19.1. The molecule has 0 aliphatic carbocycles. The number of ether oxygens (including phenoxy) is 1. The van der Waals surface area contributed by atoms with E-state index in [0.29, 0.717) is 17.2 Å². The van der Waals surface area contributed by atoms with E-state index in [0.717, 1.165) is 5.56 Å². The molecular formula is C22H19FN4O5. The van der Waals surface area contributed by atoms with Crippen LogP contribution in [0.1, 0.15) is 6.42 Å². The van der Waals surface area contributed by atoms with Crippen LogP contribution < -0.4 is 21.1 Å². The fraction of sp³-hybridized carbons (Fsp3) is 0.0909. The molecule has 9 nitrogen and oxygen atoms in total. The highest BCUT2D eigenvalue weighted by Crippen LogP contribution is 2.25. The molecule has 0 spiro atoms. The average molecular weight is 438 g/mol. The molecule has 0 radical (unpaired) electrons. The van der Waals surface area contributed by atoms with Gasteiger partial charge in [-0.3, -0.25) is 9.59 Å². The first-order valence-electron chi connectivity index (χ1n) is 9.40. The van der Waals surface area contributed by atoms with E-state index in [2.05, 4.69) is 10.3 Å². The Morgan fingerprint density at radius 2 is 1.62 bits per heavy atom. The summed E-state index contributed by atoms with van der Waals surface area (Å²) in [7, 11) is 0. The molecule has 3 rings (SSSR count). The molecule has 1 aromatic heterocycles. The Bertz CT molecular complexity index is 1120. The average Bonchev–Trinajstić information content (AvgIpc) is 2.75. The zero-order valence-corrected chi connectivity index (χ0v) is 16.6. The monoisotopic (exact) mass is 438 g/mol. The molecule has 32 heavy (non-hydrogen) atoms. The lowest BCUT2D eigenvalue weighted by molar-refractivity contribution is -0.124. The highest BCUT2D eigenvalue weighted by Gasteiger charge is 2.21. The lowest BCUT2D eigenvalue weighted by Gasteiger charge is -2.13. The maximum absolute atomic E-state index is 13.0. The van der Waals surface area contributed by atoms with Gasteiger partial charge in [0, 0.05) is 5.56 Å². The minimum absolute atomic E-state index is 0.220. The molecule has 0 saturated carbocycles. The number of rotatable bonds is 8. The number of benzene rings is 2. The van der Waals surface area contributed by atoms with Gasteiger partial charge in [0.1, 0.15) is 29.2 Å². The molecule has 1 heterocycles. The Kier molecular flexibility index (Phi) is 6.96. The number of anilines is 1. The molecule has 0 fully saturated rings. The van der Waals surface area contributed by atoms with E-state index in [4.69, 9.17) is 15.6 Å². The minimum Gasteiger partial charge on any atom is -0.465 e. The van der Waals surface area contributed by atoms with Crippen LogP contribution in [0.4, 0.5) is 15.0 Å². The number of nitrogens with zero attached hydrogens (tertiary/aromatic N) is 1. The number of nitrogens with one attached hydrogen (secondary N) is 2. The lowest BCUT2D eigenvalue weighted by Crippen LogP contribution is -2.45. The zero-order chi connectivity index (χ0) is 23.1. The van der Waals surface area contributed by atoms with Crippen molar-refractivity contribution in [2.75, 3.05) is 5.32 Å². The van der Waals surface area contributed by atoms with Gasteiger partial charge in [-0.2, -0.15) is 0 Å². The molecular weight excluding hydrogens is 419 g/mol. The molecule has 0 bridgehead atoms. The van der Waals surface area contributed by atoms with Gasteiger partial charge in [-0.1, -0.05) is 6.07 Å². The first-order valence-corrected chi connectivity index (χ1v) is 9.40. The van der Waals surface area contributed by atoms with Crippen LogP contribution in [0.3, 0.4) is 0 Å². The van der Waals surface area contributed by atoms with E-state index in [9.17, 15) is 18.8 Å². The molecule has 0 aliphatic heterocycles. The normalized spacial score (nSPS) is 11.3. The van der Waals surface area contributed by atoms with Crippen molar-refractivity contribution in [3.05, 3.63) is 72.5 Å². The van der Waals surface area contributed by atoms with Gasteiger partial charge in [-0.25, -0.2) is 14.2 Å². The molecule has 0 saturated heterocycles. The highest BCUT2D eigenvalue weighted by molar-refractivity contribution is 5.95. The number of halogens is 1. The van der Waals surface area contributed by atoms with Crippen LogP contribution in [-0.4, -0.2) is 34.0 Å². The van der Waals surface area contributed by atoms with Crippen molar-refractivity contribution in [3.63, 3.8) is 0 Å². The number of amides is 3. The van der Waals surface area contributed by atoms with Gasteiger partial charge >= 0.3 is 6.09 Å². The van der Waals surface area contributed by atoms with Crippen molar-refractivity contribution in [2.24, 2.45) is 5.73 Å². The molecule has 3 aromatic rings. The molecule has 5 N–H and O–H groups in total. The largest absolute Gasteiger partial charge is 0.465 e. The second-order valence-electron chi connectivity index (χ2n) is 6.65. The van der Waals surface area contributed by atoms with Crippen LogP contribution in [0.25, 0.3) is 11.3 Å². The molecule has 10 heteroatoms. The maximum Gasteiger partial charge on any atom is 0.405 e. The van der Waals surface area contributed by atoms with Crippen LogP contribution in [0.15, 0.2) is 66.7 Å². The second kappa shape index (κ2) is 10.0. The third-order valence-electron chi connectivity index (χ3n) is 4.25. The van der Waals surface area contributed by atoms with E-state index in [1.54, 1.807) is 42.5 Å². The van der Waals surface area contributed by atoms with E-state index >= 15 is 0 Å². The first kappa shape index (κ1) is 22.2. The summed E-state index contributed by atoms with van der Waals surface area (Å²) in [6.45, 7) is 0. The standard InChI is InChI=1S/C22H19FN4O5/c23-14-6-10-16(11-7-14)32-15-8-4-13(5-9-15)17-2-1-3-19(25-17)27-20(28)12-18(21(24)29)26-22(30)31/h1-11,18,26H,12H2,(H2,24,29)(H,30,31)(H,25,27,28). The molecule has 1 atom stereocenters. The smallest absolute Gasteiger partial charge is 0.405 e. The quantitative estimate of drug-likeness (QED) is 0.425. The summed E-state index contributed by atoms with van der Waals surface area (Å²) in [5, 5.41) is 13.1. The van der Waals surface area contributed by atoms with Gasteiger partial charge in [0.05, 0.1) is 12.1 Å². The molecule has 1 unspecified atom stereocenters. The fourth-order valence-electron chi connectivity index (χ4n) is 2.75. The topological polar surface area (TPSA) is 144 Å². The Hall–Kier alpha value is -4.47. The molecule has 0 aliphatic rings. The first-order chi connectivity index (χ1) is 15.3. The number of carboxylic acid groups (broad SMARTS) is 1.